The van der Waals surface area contributed by atoms with Crippen LogP contribution < -0.4 is 5.32 Å². The van der Waals surface area contributed by atoms with E-state index in [0.717, 1.165) is 12.0 Å². The maximum Gasteiger partial charge on any atom is 0.251 e. The van der Waals surface area contributed by atoms with Gasteiger partial charge in [0.1, 0.15) is 0 Å². The number of carbonyl (C=O) groups is 1. The third-order valence-corrected chi connectivity index (χ3v) is 2.86. The second-order valence-corrected chi connectivity index (χ2v) is 4.36. The monoisotopic (exact) mass is 241 g/mol. The van der Waals surface area contributed by atoms with Crippen molar-refractivity contribution in [3.8, 4) is 0 Å². The van der Waals surface area contributed by atoms with Crippen LogP contribution in [0, 0.1) is 6.92 Å². The molecule has 0 aromatic heterocycles. The van der Waals surface area contributed by atoms with E-state index in [2.05, 4.69) is 17.4 Å². The van der Waals surface area contributed by atoms with Crippen LogP contribution >= 0.6 is 0 Å². The minimum Gasteiger partial charge on any atom is -0.352 e. The first-order valence-electron chi connectivity index (χ1n) is 6.14. The fourth-order valence-electron chi connectivity index (χ4n) is 1.77. The number of rotatable bonds is 4. The summed E-state index contributed by atoms with van der Waals surface area (Å²) in [5.41, 5.74) is 3.12. The second-order valence-electron chi connectivity index (χ2n) is 4.36. The lowest BCUT2D eigenvalue weighted by molar-refractivity contribution is 0.0954. The van der Waals surface area contributed by atoms with Crippen LogP contribution in [0.15, 0.2) is 54.6 Å². The molecule has 0 radical (unpaired) electrons. The Balaban J connectivity index is 0.00000180. The van der Waals surface area contributed by atoms with Gasteiger partial charge in [-0.1, -0.05) is 48.0 Å². The van der Waals surface area contributed by atoms with Gasteiger partial charge in [0.25, 0.3) is 5.91 Å². The van der Waals surface area contributed by atoms with Gasteiger partial charge in [-0.3, -0.25) is 4.79 Å². The summed E-state index contributed by atoms with van der Waals surface area (Å²) in [6.07, 6.45) is 0.860. The van der Waals surface area contributed by atoms with Gasteiger partial charge >= 0.3 is 0 Å². The molecule has 0 saturated carbocycles. The molecule has 2 nitrogen and oxygen atoms in total. The van der Waals surface area contributed by atoms with E-state index in [9.17, 15) is 4.79 Å². The summed E-state index contributed by atoms with van der Waals surface area (Å²) < 4.78 is 0. The molecule has 1 amide bonds. The molecule has 0 aliphatic heterocycles. The van der Waals surface area contributed by atoms with Crippen LogP contribution in [-0.2, 0) is 6.42 Å². The average Bonchev–Trinajstić information content (AvgIpc) is 2.40. The van der Waals surface area contributed by atoms with E-state index in [0.29, 0.717) is 12.1 Å². The third kappa shape index (κ3) is 3.45. The molecule has 2 aromatic rings. The molecule has 0 saturated heterocycles. The maximum atomic E-state index is 11.8. The molecular weight excluding hydrogens is 222 g/mol. The molecule has 0 unspecified atom stereocenters. The van der Waals surface area contributed by atoms with E-state index in [1.165, 1.54) is 5.56 Å². The van der Waals surface area contributed by atoms with E-state index >= 15 is 0 Å². The lowest BCUT2D eigenvalue weighted by atomic mass is 10.1. The second kappa shape index (κ2) is 6.01. The van der Waals surface area contributed by atoms with E-state index in [1.807, 2.05) is 49.4 Å². The van der Waals surface area contributed by atoms with Crippen molar-refractivity contribution in [2.45, 2.75) is 13.3 Å². The van der Waals surface area contributed by atoms with Crippen LogP contribution in [-0.4, -0.2) is 12.5 Å². The van der Waals surface area contributed by atoms with Gasteiger partial charge in [-0.2, -0.15) is 0 Å². The van der Waals surface area contributed by atoms with Gasteiger partial charge < -0.3 is 5.32 Å². The molecule has 18 heavy (non-hydrogen) atoms. The Morgan fingerprint density at radius 3 is 2.39 bits per heavy atom. The highest BCUT2D eigenvalue weighted by molar-refractivity contribution is 5.94. The Kier molecular flexibility index (Phi) is 4.13. The lowest BCUT2D eigenvalue weighted by Crippen LogP contribution is -2.25. The highest BCUT2D eigenvalue weighted by Gasteiger charge is 2.03. The van der Waals surface area contributed by atoms with Crippen molar-refractivity contribution in [3.63, 3.8) is 0 Å². The van der Waals surface area contributed by atoms with Crippen molar-refractivity contribution in [1.82, 2.24) is 5.32 Å². The molecule has 0 aliphatic carbocycles. The summed E-state index contributed by atoms with van der Waals surface area (Å²) >= 11 is 0. The summed E-state index contributed by atoms with van der Waals surface area (Å²) in [6, 6.07) is 17.8. The van der Waals surface area contributed by atoms with E-state index in [4.69, 9.17) is 0 Å². The van der Waals surface area contributed by atoms with Gasteiger partial charge in [0.15, 0.2) is 0 Å². The lowest BCUT2D eigenvalue weighted by Gasteiger charge is -2.05. The highest BCUT2D eigenvalue weighted by atomic mass is 16.1. The van der Waals surface area contributed by atoms with Crippen LogP contribution in [0.5, 0.6) is 0 Å². The Labute approximate surface area is 109 Å². The largest absolute Gasteiger partial charge is 0.352 e. The maximum absolute atomic E-state index is 11.8. The van der Waals surface area contributed by atoms with Crippen molar-refractivity contribution in [3.05, 3.63) is 71.3 Å². The molecule has 0 atom stereocenters. The Morgan fingerprint density at radius 2 is 1.72 bits per heavy atom. The zero-order valence-electron chi connectivity index (χ0n) is 10.5. The molecule has 2 heteroatoms. The quantitative estimate of drug-likeness (QED) is 0.875. The molecule has 1 N–H and O–H groups in total. The molecule has 0 aliphatic rings. The number of hydrogen-bond donors (Lipinski definition) is 1. The normalized spacial score (nSPS) is 10.1. The van der Waals surface area contributed by atoms with E-state index in [-0.39, 0.29) is 7.33 Å². The van der Waals surface area contributed by atoms with Gasteiger partial charge in [-0.05, 0) is 31.0 Å². The van der Waals surface area contributed by atoms with E-state index in [1.54, 1.807) is 0 Å². The molecule has 2 aromatic carbocycles. The summed E-state index contributed by atoms with van der Waals surface area (Å²) in [7, 11) is 0. The first-order valence-corrected chi connectivity index (χ1v) is 6.14. The zero-order valence-corrected chi connectivity index (χ0v) is 10.5. The first kappa shape index (κ1) is 12.4. The van der Waals surface area contributed by atoms with Crippen molar-refractivity contribution in [2.75, 3.05) is 6.54 Å². The number of aryl methyl sites for hydroxylation is 1. The first-order chi connectivity index (χ1) is 8.75. The average molecular weight is 241 g/mol. The van der Waals surface area contributed by atoms with Gasteiger partial charge in [-0.25, -0.2) is 0 Å². The van der Waals surface area contributed by atoms with Crippen molar-refractivity contribution in [2.24, 2.45) is 0 Å². The van der Waals surface area contributed by atoms with Crippen LogP contribution in [0.2, 0.25) is 0 Å². The molecule has 0 spiro atoms. The minimum absolute atomic E-state index is 0. The molecule has 2 rings (SSSR count). The third-order valence-electron chi connectivity index (χ3n) is 2.86. The smallest absolute Gasteiger partial charge is 0.251 e. The van der Waals surface area contributed by atoms with Crippen LogP contribution in [0.25, 0.3) is 0 Å². The predicted octanol–water partition coefficient (Wildman–Crippen LogP) is 3.21. The molecule has 0 fully saturated rings. The molecule has 94 valence electrons. The summed E-state index contributed by atoms with van der Waals surface area (Å²) in [6.45, 7) is 2.67. The SMILES string of the molecule is Cc1ccc(C(=O)NCCc2ccccc2)cc1.[HH]. The Bertz CT molecular complexity index is 508. The topological polar surface area (TPSA) is 29.1 Å². The molecular formula is C16H19NO. The number of carbonyl (C=O) groups excluding carboxylic acids is 1. The number of benzene rings is 2. The zero-order chi connectivity index (χ0) is 12.8. The summed E-state index contributed by atoms with van der Waals surface area (Å²) in [4.78, 5) is 11.8. The standard InChI is InChI=1S/C16H17NO.H2/c1-13-7-9-15(10-8-13)16(18)17-12-11-14-5-3-2-4-6-14;/h2-10H,11-12H2,1H3,(H,17,18);1H. The summed E-state index contributed by atoms with van der Waals surface area (Å²) in [5, 5.41) is 2.93. The minimum atomic E-state index is -0.00840. The summed E-state index contributed by atoms with van der Waals surface area (Å²) in [5.74, 6) is -0.00840. The fourth-order valence-corrected chi connectivity index (χ4v) is 1.77. The van der Waals surface area contributed by atoms with Crippen LogP contribution in [0.4, 0.5) is 0 Å². The number of amides is 1. The van der Waals surface area contributed by atoms with Gasteiger partial charge in [0, 0.05) is 13.5 Å². The van der Waals surface area contributed by atoms with Gasteiger partial charge in [-0.15, -0.1) is 0 Å². The molecule has 0 heterocycles. The number of hydrogen-bond acceptors (Lipinski definition) is 1. The van der Waals surface area contributed by atoms with E-state index < -0.39 is 0 Å². The Hall–Kier alpha value is -2.09. The van der Waals surface area contributed by atoms with Crippen LogP contribution in [0.1, 0.15) is 22.9 Å². The molecule has 0 bridgehead atoms. The van der Waals surface area contributed by atoms with Crippen molar-refractivity contribution in [1.29, 1.82) is 0 Å². The van der Waals surface area contributed by atoms with Gasteiger partial charge in [0.05, 0.1) is 0 Å². The Morgan fingerprint density at radius 1 is 1.06 bits per heavy atom. The predicted molar refractivity (Wildman–Crippen MR) is 75.8 cm³/mol. The van der Waals surface area contributed by atoms with Crippen molar-refractivity contribution < 1.29 is 6.22 Å². The fraction of sp³-hybridized carbons (Fsp3) is 0.188. The van der Waals surface area contributed by atoms with Crippen LogP contribution in [0.3, 0.4) is 0 Å². The van der Waals surface area contributed by atoms with Gasteiger partial charge in [0.2, 0.25) is 0 Å². The van der Waals surface area contributed by atoms with Crippen molar-refractivity contribution >= 4 is 5.91 Å². The highest BCUT2D eigenvalue weighted by Crippen LogP contribution is 2.03. The number of nitrogens with one attached hydrogen (secondary N) is 1.